The second-order valence-electron chi connectivity index (χ2n) is 9.64. The molecule has 1 aliphatic heterocycles. The molecule has 1 aliphatic carbocycles. The number of carbonyl (C=O) groups excluding carboxylic acids is 3. The number of methoxy groups -OCH3 is 1. The Morgan fingerprint density at radius 2 is 1.68 bits per heavy atom. The zero-order valence-corrected chi connectivity index (χ0v) is 21.0. The van der Waals surface area contributed by atoms with Gasteiger partial charge in [-0.2, -0.15) is 0 Å². The van der Waals surface area contributed by atoms with E-state index in [1.54, 1.807) is 24.3 Å². The number of esters is 1. The fourth-order valence-corrected chi connectivity index (χ4v) is 5.34. The van der Waals surface area contributed by atoms with Crippen molar-refractivity contribution < 1.29 is 24.2 Å². The van der Waals surface area contributed by atoms with E-state index in [0.29, 0.717) is 11.3 Å². The molecular weight excluding hydrogens is 466 g/mol. The molecule has 1 atom stereocenters. The monoisotopic (exact) mass is 495 g/mol. The number of carbonyl (C=O) groups is 3. The molecule has 1 fully saturated rings. The van der Waals surface area contributed by atoms with Crippen LogP contribution >= 0.6 is 0 Å². The molecule has 5 rings (SSSR count). The molecule has 3 aromatic carbocycles. The third-order valence-electron chi connectivity index (χ3n) is 7.34. The normalized spacial score (nSPS) is 18.5. The molecule has 0 spiro atoms. The highest BCUT2D eigenvalue weighted by atomic mass is 16.5. The van der Waals surface area contributed by atoms with Crippen LogP contribution in [0, 0.1) is 6.92 Å². The summed E-state index contributed by atoms with van der Waals surface area (Å²) in [5, 5.41) is 11.5. The summed E-state index contributed by atoms with van der Waals surface area (Å²) in [5.41, 5.74) is 5.98. The van der Waals surface area contributed by atoms with Gasteiger partial charge in [0.25, 0.3) is 11.7 Å². The molecule has 2 aliphatic rings. The Morgan fingerprint density at radius 3 is 2.38 bits per heavy atom. The van der Waals surface area contributed by atoms with Crippen LogP contribution in [0.2, 0.25) is 0 Å². The minimum atomic E-state index is -0.788. The van der Waals surface area contributed by atoms with Gasteiger partial charge in [0.15, 0.2) is 0 Å². The summed E-state index contributed by atoms with van der Waals surface area (Å²) in [5.74, 6) is -1.95. The molecule has 0 saturated carbocycles. The summed E-state index contributed by atoms with van der Waals surface area (Å²) in [6.07, 6.45) is 4.29. The maximum Gasteiger partial charge on any atom is 0.309 e. The molecular formula is C31H29NO5. The molecule has 0 radical (unpaired) electrons. The SMILES string of the molecule is COC(=O)Cc1ccc(N2C(=O)C(=O)/C(=C(/O)c3ccc4c(c3)CCCC4)C2c2ccccc2C)cc1. The number of anilines is 1. The summed E-state index contributed by atoms with van der Waals surface area (Å²) in [6, 6.07) is 19.5. The number of rotatable bonds is 5. The number of ether oxygens (including phenoxy) is 1. The number of amides is 1. The van der Waals surface area contributed by atoms with Crippen molar-refractivity contribution in [2.24, 2.45) is 0 Å². The number of fused-ring (bicyclic) bond motifs is 1. The van der Waals surface area contributed by atoms with Crippen LogP contribution < -0.4 is 4.90 Å². The standard InChI is InChI=1S/C31H29NO5/c1-19-7-3-6-10-25(19)28-27(29(34)23-14-13-21-8-4-5-9-22(21)18-23)30(35)31(36)32(28)24-15-11-20(12-16-24)17-26(33)37-2/h3,6-7,10-16,18,28,34H,4-5,8-9,17H2,1-2H3/b29-27+. The molecule has 1 unspecified atom stereocenters. The number of hydrogen-bond donors (Lipinski definition) is 1. The van der Waals surface area contributed by atoms with Gasteiger partial charge < -0.3 is 9.84 Å². The molecule has 1 amide bonds. The molecule has 6 nitrogen and oxygen atoms in total. The van der Waals surface area contributed by atoms with Gasteiger partial charge in [-0.1, -0.05) is 48.5 Å². The Balaban J connectivity index is 1.63. The summed E-state index contributed by atoms with van der Waals surface area (Å²) in [6.45, 7) is 1.92. The van der Waals surface area contributed by atoms with Gasteiger partial charge in [-0.15, -0.1) is 0 Å². The average molecular weight is 496 g/mol. The van der Waals surface area contributed by atoms with E-state index in [2.05, 4.69) is 0 Å². The fraction of sp³-hybridized carbons (Fsp3) is 0.258. The van der Waals surface area contributed by atoms with Crippen molar-refractivity contribution in [2.45, 2.75) is 45.1 Å². The van der Waals surface area contributed by atoms with Crippen LogP contribution in [0.25, 0.3) is 5.76 Å². The number of Topliss-reactive ketones (excluding diaryl/α,β-unsaturated/α-hetero) is 1. The Labute approximate surface area is 216 Å². The molecule has 1 saturated heterocycles. The number of aryl methyl sites for hydroxylation is 3. The van der Waals surface area contributed by atoms with Crippen molar-refractivity contribution >= 4 is 29.1 Å². The van der Waals surface area contributed by atoms with Gasteiger partial charge in [0.2, 0.25) is 0 Å². The molecule has 0 bridgehead atoms. The lowest BCUT2D eigenvalue weighted by Crippen LogP contribution is -2.29. The van der Waals surface area contributed by atoms with E-state index in [4.69, 9.17) is 4.74 Å². The van der Waals surface area contributed by atoms with Crippen molar-refractivity contribution in [3.63, 3.8) is 0 Å². The Bertz CT molecular complexity index is 1420. The third kappa shape index (κ3) is 4.55. The van der Waals surface area contributed by atoms with E-state index in [1.165, 1.54) is 23.1 Å². The lowest BCUT2D eigenvalue weighted by atomic mass is 9.88. The maximum atomic E-state index is 13.5. The van der Waals surface area contributed by atoms with E-state index in [9.17, 15) is 19.5 Å². The summed E-state index contributed by atoms with van der Waals surface area (Å²) < 4.78 is 4.74. The van der Waals surface area contributed by atoms with Crippen LogP contribution in [0.15, 0.2) is 72.3 Å². The van der Waals surface area contributed by atoms with Crippen molar-refractivity contribution in [2.75, 3.05) is 12.0 Å². The fourth-order valence-electron chi connectivity index (χ4n) is 5.34. The largest absolute Gasteiger partial charge is 0.507 e. The highest BCUT2D eigenvalue weighted by Gasteiger charge is 2.47. The van der Waals surface area contributed by atoms with E-state index >= 15 is 0 Å². The van der Waals surface area contributed by atoms with E-state index in [-0.39, 0.29) is 23.7 Å². The molecule has 0 aromatic heterocycles. The molecule has 3 aromatic rings. The minimum Gasteiger partial charge on any atom is -0.507 e. The average Bonchev–Trinajstić information content (AvgIpc) is 3.18. The molecule has 6 heteroatoms. The van der Waals surface area contributed by atoms with Crippen LogP contribution in [0.4, 0.5) is 5.69 Å². The number of nitrogens with zero attached hydrogens (tertiary/aromatic N) is 1. The molecule has 188 valence electrons. The van der Waals surface area contributed by atoms with Gasteiger partial charge >= 0.3 is 5.97 Å². The first kappa shape index (κ1) is 24.5. The molecule has 1 N–H and O–H groups in total. The Kier molecular flexibility index (Phi) is 6.66. The first-order valence-corrected chi connectivity index (χ1v) is 12.5. The summed E-state index contributed by atoms with van der Waals surface area (Å²) >= 11 is 0. The number of aliphatic hydroxyl groups excluding tert-OH is 1. The maximum absolute atomic E-state index is 13.5. The van der Waals surface area contributed by atoms with Gasteiger partial charge in [-0.25, -0.2) is 0 Å². The van der Waals surface area contributed by atoms with E-state index in [1.807, 2.05) is 49.4 Å². The summed E-state index contributed by atoms with van der Waals surface area (Å²) in [7, 11) is 1.33. The quantitative estimate of drug-likeness (QED) is 0.227. The predicted octanol–water partition coefficient (Wildman–Crippen LogP) is 5.22. The molecule has 37 heavy (non-hydrogen) atoms. The Hall–Kier alpha value is -4.19. The van der Waals surface area contributed by atoms with E-state index in [0.717, 1.165) is 42.4 Å². The van der Waals surface area contributed by atoms with Crippen LogP contribution in [0.5, 0.6) is 0 Å². The third-order valence-corrected chi connectivity index (χ3v) is 7.34. The van der Waals surface area contributed by atoms with Crippen molar-refractivity contribution in [3.05, 3.63) is 106 Å². The van der Waals surface area contributed by atoms with Gasteiger partial charge in [0.1, 0.15) is 5.76 Å². The van der Waals surface area contributed by atoms with Gasteiger partial charge in [-0.05, 0) is 78.6 Å². The topological polar surface area (TPSA) is 83.9 Å². The van der Waals surface area contributed by atoms with Crippen molar-refractivity contribution in [1.29, 1.82) is 0 Å². The van der Waals surface area contributed by atoms with Crippen LogP contribution in [-0.2, 0) is 38.4 Å². The van der Waals surface area contributed by atoms with Crippen molar-refractivity contribution in [3.8, 4) is 0 Å². The highest BCUT2D eigenvalue weighted by molar-refractivity contribution is 6.51. The minimum absolute atomic E-state index is 0.0775. The first-order chi connectivity index (χ1) is 17.9. The first-order valence-electron chi connectivity index (χ1n) is 12.5. The Morgan fingerprint density at radius 1 is 0.973 bits per heavy atom. The van der Waals surface area contributed by atoms with Crippen molar-refractivity contribution in [1.82, 2.24) is 0 Å². The lowest BCUT2D eigenvalue weighted by Gasteiger charge is -2.27. The zero-order chi connectivity index (χ0) is 26.1. The second-order valence-corrected chi connectivity index (χ2v) is 9.64. The van der Waals surface area contributed by atoms with Crippen LogP contribution in [0.1, 0.15) is 52.3 Å². The molecule has 1 heterocycles. The van der Waals surface area contributed by atoms with Crippen LogP contribution in [0.3, 0.4) is 0 Å². The zero-order valence-electron chi connectivity index (χ0n) is 21.0. The highest BCUT2D eigenvalue weighted by Crippen LogP contribution is 2.43. The van der Waals surface area contributed by atoms with E-state index < -0.39 is 17.7 Å². The number of ketones is 1. The number of benzene rings is 3. The smallest absolute Gasteiger partial charge is 0.309 e. The second kappa shape index (κ2) is 10.1. The van der Waals surface area contributed by atoms with Crippen LogP contribution in [-0.4, -0.2) is 29.9 Å². The van der Waals surface area contributed by atoms with Gasteiger partial charge in [0.05, 0.1) is 25.1 Å². The lowest BCUT2D eigenvalue weighted by molar-refractivity contribution is -0.139. The van der Waals surface area contributed by atoms with Gasteiger partial charge in [-0.3, -0.25) is 19.3 Å². The van der Waals surface area contributed by atoms with Gasteiger partial charge in [0, 0.05) is 11.3 Å². The number of aliphatic hydroxyl groups is 1. The number of hydrogen-bond acceptors (Lipinski definition) is 5. The predicted molar refractivity (Wildman–Crippen MR) is 141 cm³/mol. The summed E-state index contributed by atoms with van der Waals surface area (Å²) in [4.78, 5) is 40.0.